The van der Waals surface area contributed by atoms with E-state index in [9.17, 15) is 9.90 Å². The van der Waals surface area contributed by atoms with Gasteiger partial charge in [0.25, 0.3) is 0 Å². The number of hydrogen-bond acceptors (Lipinski definition) is 4. The van der Waals surface area contributed by atoms with Crippen LogP contribution in [0.4, 0.5) is 0 Å². The van der Waals surface area contributed by atoms with E-state index >= 15 is 0 Å². The van der Waals surface area contributed by atoms with Gasteiger partial charge < -0.3 is 14.7 Å². The number of carbonyl (C=O) groups excluding carboxylic acids is 1. The van der Waals surface area contributed by atoms with Gasteiger partial charge in [0, 0.05) is 26.1 Å². The maximum Gasteiger partial charge on any atom is 0.222 e. The Morgan fingerprint density at radius 2 is 2.04 bits per heavy atom. The standard InChI is InChI=1S/C20H30N2O3/c1-16(23)13-22-15-20(7-6-19(22)24)8-10-21(11-9-20)14-17-4-3-5-18(12-17)25-2/h3-5,12,16,23H,6-11,13-15H2,1-2H3. The Bertz CT molecular complexity index is 594. The average Bonchev–Trinajstić information content (AvgIpc) is 2.60. The zero-order valence-electron chi connectivity index (χ0n) is 15.4. The number of aliphatic hydroxyl groups excluding tert-OH is 1. The highest BCUT2D eigenvalue weighted by Crippen LogP contribution is 2.40. The number of benzene rings is 1. The van der Waals surface area contributed by atoms with Crippen LogP contribution in [0.2, 0.25) is 0 Å². The molecular formula is C20H30N2O3. The molecular weight excluding hydrogens is 316 g/mol. The number of amides is 1. The summed E-state index contributed by atoms with van der Waals surface area (Å²) >= 11 is 0. The number of likely N-dealkylation sites (tertiary alicyclic amines) is 2. The van der Waals surface area contributed by atoms with E-state index in [0.29, 0.717) is 13.0 Å². The van der Waals surface area contributed by atoms with Crippen molar-refractivity contribution in [2.24, 2.45) is 5.41 Å². The van der Waals surface area contributed by atoms with Gasteiger partial charge in [-0.1, -0.05) is 12.1 Å². The number of ether oxygens (including phenoxy) is 1. The van der Waals surface area contributed by atoms with Crippen LogP contribution >= 0.6 is 0 Å². The normalized spacial score (nSPS) is 22.2. The third-order valence-corrected chi connectivity index (χ3v) is 5.69. The summed E-state index contributed by atoms with van der Waals surface area (Å²) in [5.74, 6) is 1.11. The first-order valence-electron chi connectivity index (χ1n) is 9.31. The summed E-state index contributed by atoms with van der Waals surface area (Å²) in [5, 5.41) is 9.65. The van der Waals surface area contributed by atoms with E-state index in [2.05, 4.69) is 17.0 Å². The van der Waals surface area contributed by atoms with E-state index in [1.165, 1.54) is 5.56 Å². The number of rotatable bonds is 5. The third-order valence-electron chi connectivity index (χ3n) is 5.69. The summed E-state index contributed by atoms with van der Waals surface area (Å²) in [5.41, 5.74) is 1.53. The van der Waals surface area contributed by atoms with Gasteiger partial charge in [0.15, 0.2) is 0 Å². The van der Waals surface area contributed by atoms with Gasteiger partial charge in [0.1, 0.15) is 5.75 Å². The maximum atomic E-state index is 12.1. The summed E-state index contributed by atoms with van der Waals surface area (Å²) in [6.45, 7) is 6.11. The van der Waals surface area contributed by atoms with Gasteiger partial charge in [-0.2, -0.15) is 0 Å². The summed E-state index contributed by atoms with van der Waals surface area (Å²) in [4.78, 5) is 16.5. The third kappa shape index (κ3) is 4.53. The minimum Gasteiger partial charge on any atom is -0.497 e. The Hall–Kier alpha value is -1.59. The second kappa shape index (κ2) is 7.75. The Balaban J connectivity index is 1.56. The van der Waals surface area contributed by atoms with Crippen molar-refractivity contribution in [1.29, 1.82) is 0 Å². The molecule has 5 nitrogen and oxygen atoms in total. The van der Waals surface area contributed by atoms with Crippen molar-refractivity contribution in [2.75, 3.05) is 33.3 Å². The smallest absolute Gasteiger partial charge is 0.222 e. The number of β-amino-alcohol motifs (C(OH)–C–C–N with tert-alkyl or cyclic N) is 1. The molecule has 1 atom stereocenters. The fraction of sp³-hybridized carbons (Fsp3) is 0.650. The Labute approximate surface area is 150 Å². The predicted octanol–water partition coefficient (Wildman–Crippen LogP) is 2.28. The molecule has 0 aliphatic carbocycles. The van der Waals surface area contributed by atoms with Crippen LogP contribution in [0.1, 0.15) is 38.2 Å². The fourth-order valence-electron chi connectivity index (χ4n) is 4.21. The second-order valence-corrected chi connectivity index (χ2v) is 7.75. The molecule has 25 heavy (non-hydrogen) atoms. The molecule has 2 aliphatic heterocycles. The van der Waals surface area contributed by atoms with Gasteiger partial charge in [0.2, 0.25) is 5.91 Å². The second-order valence-electron chi connectivity index (χ2n) is 7.75. The molecule has 0 bridgehead atoms. The van der Waals surface area contributed by atoms with Crippen LogP contribution in [0.5, 0.6) is 5.75 Å². The molecule has 0 radical (unpaired) electrons. The zero-order chi connectivity index (χ0) is 17.9. The van der Waals surface area contributed by atoms with Crippen LogP contribution in [0.3, 0.4) is 0 Å². The molecule has 1 unspecified atom stereocenters. The largest absolute Gasteiger partial charge is 0.497 e. The van der Waals surface area contributed by atoms with Gasteiger partial charge in [-0.25, -0.2) is 0 Å². The molecule has 1 aromatic rings. The first-order chi connectivity index (χ1) is 12.0. The molecule has 2 fully saturated rings. The van der Waals surface area contributed by atoms with Crippen molar-refractivity contribution < 1.29 is 14.6 Å². The van der Waals surface area contributed by atoms with E-state index in [0.717, 1.165) is 51.2 Å². The minimum atomic E-state index is -0.452. The van der Waals surface area contributed by atoms with Crippen LogP contribution < -0.4 is 4.74 Å². The van der Waals surface area contributed by atoms with Crippen molar-refractivity contribution in [2.45, 2.75) is 45.3 Å². The molecule has 2 saturated heterocycles. The number of carbonyl (C=O) groups is 1. The van der Waals surface area contributed by atoms with Gasteiger partial charge in [-0.05, 0) is 62.4 Å². The topological polar surface area (TPSA) is 53.0 Å². The molecule has 1 aromatic carbocycles. The molecule has 138 valence electrons. The summed E-state index contributed by atoms with van der Waals surface area (Å²) in [6, 6.07) is 8.27. The van der Waals surface area contributed by atoms with Crippen molar-refractivity contribution in [3.63, 3.8) is 0 Å². The molecule has 1 spiro atoms. The number of methoxy groups -OCH3 is 1. The van der Waals surface area contributed by atoms with Crippen molar-refractivity contribution in [1.82, 2.24) is 9.80 Å². The van der Waals surface area contributed by atoms with Crippen LogP contribution in [-0.2, 0) is 11.3 Å². The SMILES string of the molecule is COc1cccc(CN2CCC3(CCC(=O)N(CC(C)O)C3)CC2)c1. The number of nitrogens with zero attached hydrogens (tertiary/aromatic N) is 2. The molecule has 0 saturated carbocycles. The van der Waals surface area contributed by atoms with Gasteiger partial charge in [-0.15, -0.1) is 0 Å². The van der Waals surface area contributed by atoms with E-state index in [-0.39, 0.29) is 11.3 Å². The highest BCUT2D eigenvalue weighted by atomic mass is 16.5. The first kappa shape index (κ1) is 18.2. The van der Waals surface area contributed by atoms with Crippen LogP contribution in [0.25, 0.3) is 0 Å². The van der Waals surface area contributed by atoms with Gasteiger partial charge >= 0.3 is 0 Å². The monoisotopic (exact) mass is 346 g/mol. The molecule has 5 heteroatoms. The zero-order valence-corrected chi connectivity index (χ0v) is 15.4. The van der Waals surface area contributed by atoms with E-state index < -0.39 is 6.10 Å². The molecule has 2 aliphatic rings. The molecule has 3 rings (SSSR count). The maximum absolute atomic E-state index is 12.1. The quantitative estimate of drug-likeness (QED) is 0.889. The highest BCUT2D eigenvalue weighted by molar-refractivity contribution is 5.77. The Morgan fingerprint density at radius 1 is 1.28 bits per heavy atom. The number of aliphatic hydroxyl groups is 1. The van der Waals surface area contributed by atoms with Gasteiger partial charge in [0.05, 0.1) is 13.2 Å². The van der Waals surface area contributed by atoms with Crippen LogP contribution in [0.15, 0.2) is 24.3 Å². The van der Waals surface area contributed by atoms with Crippen molar-refractivity contribution in [3.8, 4) is 5.75 Å². The summed E-state index contributed by atoms with van der Waals surface area (Å²) in [6.07, 6.45) is 3.42. The Kier molecular flexibility index (Phi) is 5.64. The molecule has 1 amide bonds. The van der Waals surface area contributed by atoms with E-state index in [1.807, 2.05) is 17.0 Å². The lowest BCUT2D eigenvalue weighted by Gasteiger charge is -2.47. The predicted molar refractivity (Wildman–Crippen MR) is 97.4 cm³/mol. The lowest BCUT2D eigenvalue weighted by molar-refractivity contribution is -0.140. The van der Waals surface area contributed by atoms with Crippen LogP contribution in [-0.4, -0.2) is 60.2 Å². The lowest BCUT2D eigenvalue weighted by atomic mass is 9.72. The highest BCUT2D eigenvalue weighted by Gasteiger charge is 2.41. The average molecular weight is 346 g/mol. The lowest BCUT2D eigenvalue weighted by Crippen LogP contribution is -2.52. The minimum absolute atomic E-state index is 0.199. The molecule has 0 aromatic heterocycles. The van der Waals surface area contributed by atoms with Gasteiger partial charge in [-0.3, -0.25) is 9.69 Å². The van der Waals surface area contributed by atoms with E-state index in [1.54, 1.807) is 14.0 Å². The summed E-state index contributed by atoms with van der Waals surface area (Å²) in [7, 11) is 1.70. The number of piperidine rings is 2. The van der Waals surface area contributed by atoms with E-state index in [4.69, 9.17) is 4.74 Å². The van der Waals surface area contributed by atoms with Crippen molar-refractivity contribution in [3.05, 3.63) is 29.8 Å². The number of hydrogen-bond donors (Lipinski definition) is 1. The van der Waals surface area contributed by atoms with Crippen LogP contribution in [0, 0.1) is 5.41 Å². The van der Waals surface area contributed by atoms with Crippen molar-refractivity contribution >= 4 is 5.91 Å². The first-order valence-corrected chi connectivity index (χ1v) is 9.31. The molecule has 2 heterocycles. The summed E-state index contributed by atoms with van der Waals surface area (Å²) < 4.78 is 5.31. The molecule has 1 N–H and O–H groups in total. The Morgan fingerprint density at radius 3 is 2.72 bits per heavy atom. The fourth-order valence-corrected chi connectivity index (χ4v) is 4.21.